The lowest BCUT2D eigenvalue weighted by Gasteiger charge is -2.14. The normalized spacial score (nSPS) is 12.1. The highest BCUT2D eigenvalue weighted by Gasteiger charge is 2.06. The van der Waals surface area contributed by atoms with Crippen molar-refractivity contribution in [1.29, 1.82) is 0 Å². The third-order valence-electron chi connectivity index (χ3n) is 2.82. The van der Waals surface area contributed by atoms with Crippen LogP contribution in [0.25, 0.3) is 0 Å². The summed E-state index contributed by atoms with van der Waals surface area (Å²) < 4.78 is 5.35. The lowest BCUT2D eigenvalue weighted by atomic mass is 10.2. The van der Waals surface area contributed by atoms with Gasteiger partial charge >= 0.3 is 0 Å². The summed E-state index contributed by atoms with van der Waals surface area (Å²) in [6.45, 7) is 5.25. The lowest BCUT2D eigenvalue weighted by Crippen LogP contribution is -2.18. The molecule has 0 fully saturated rings. The molecule has 2 heterocycles. The van der Waals surface area contributed by atoms with Gasteiger partial charge in [0.25, 0.3) is 0 Å². The number of nitrogens with zero attached hydrogens (tertiary/aromatic N) is 1. The fourth-order valence-electron chi connectivity index (χ4n) is 1.95. The van der Waals surface area contributed by atoms with Crippen LogP contribution in [0.1, 0.15) is 26.0 Å². The SMILES string of the molecule is CCCNc1cncc(NC(C)Cc2ccco2)c1. The number of nitrogens with one attached hydrogen (secondary N) is 2. The average Bonchev–Trinajstić information content (AvgIpc) is 2.89. The molecule has 0 spiro atoms. The molecule has 0 radical (unpaired) electrons. The van der Waals surface area contributed by atoms with Crippen molar-refractivity contribution in [2.75, 3.05) is 17.2 Å². The van der Waals surface area contributed by atoms with Crippen LogP contribution in [0, 0.1) is 0 Å². The summed E-state index contributed by atoms with van der Waals surface area (Å²) >= 11 is 0. The molecule has 0 saturated carbocycles. The molecule has 0 aliphatic rings. The van der Waals surface area contributed by atoms with Crippen LogP contribution in [-0.4, -0.2) is 17.6 Å². The minimum Gasteiger partial charge on any atom is -0.469 e. The second-order valence-electron chi connectivity index (χ2n) is 4.72. The van der Waals surface area contributed by atoms with Crippen molar-refractivity contribution in [3.8, 4) is 0 Å². The summed E-state index contributed by atoms with van der Waals surface area (Å²) in [5, 5.41) is 6.77. The van der Waals surface area contributed by atoms with Gasteiger partial charge < -0.3 is 15.1 Å². The Balaban J connectivity index is 1.90. The molecule has 0 aliphatic carbocycles. The predicted octanol–water partition coefficient (Wildman–Crippen LogP) is 3.54. The summed E-state index contributed by atoms with van der Waals surface area (Å²) in [5.74, 6) is 0.994. The van der Waals surface area contributed by atoms with Crippen molar-refractivity contribution in [2.45, 2.75) is 32.7 Å². The van der Waals surface area contributed by atoms with Gasteiger partial charge in [0.05, 0.1) is 30.0 Å². The number of hydrogen-bond acceptors (Lipinski definition) is 4. The predicted molar refractivity (Wildman–Crippen MR) is 78.5 cm³/mol. The van der Waals surface area contributed by atoms with Crippen molar-refractivity contribution in [3.05, 3.63) is 42.6 Å². The van der Waals surface area contributed by atoms with Crippen LogP contribution in [0.2, 0.25) is 0 Å². The van der Waals surface area contributed by atoms with Crippen LogP contribution in [0.5, 0.6) is 0 Å². The highest BCUT2D eigenvalue weighted by atomic mass is 16.3. The van der Waals surface area contributed by atoms with Gasteiger partial charge in [0.2, 0.25) is 0 Å². The van der Waals surface area contributed by atoms with Crippen LogP contribution < -0.4 is 10.6 Å². The summed E-state index contributed by atoms with van der Waals surface area (Å²) in [7, 11) is 0. The van der Waals surface area contributed by atoms with Crippen molar-refractivity contribution < 1.29 is 4.42 Å². The molecule has 4 nitrogen and oxygen atoms in total. The largest absolute Gasteiger partial charge is 0.469 e. The van der Waals surface area contributed by atoms with Gasteiger partial charge in [-0.15, -0.1) is 0 Å². The van der Waals surface area contributed by atoms with Gasteiger partial charge in [-0.25, -0.2) is 0 Å². The molecular weight excluding hydrogens is 238 g/mol. The van der Waals surface area contributed by atoms with E-state index in [0.29, 0.717) is 6.04 Å². The molecule has 0 bridgehead atoms. The molecule has 2 aromatic rings. The molecule has 0 aromatic carbocycles. The van der Waals surface area contributed by atoms with Crippen LogP contribution in [0.3, 0.4) is 0 Å². The van der Waals surface area contributed by atoms with Crippen molar-refractivity contribution in [2.24, 2.45) is 0 Å². The van der Waals surface area contributed by atoms with E-state index in [2.05, 4.69) is 35.5 Å². The van der Waals surface area contributed by atoms with Crippen LogP contribution in [0.4, 0.5) is 11.4 Å². The van der Waals surface area contributed by atoms with Gasteiger partial charge in [0.1, 0.15) is 5.76 Å². The van der Waals surface area contributed by atoms with Gasteiger partial charge in [0, 0.05) is 19.0 Å². The van der Waals surface area contributed by atoms with E-state index in [1.165, 1.54) is 0 Å². The Morgan fingerprint density at radius 2 is 2.16 bits per heavy atom. The molecule has 102 valence electrons. The Hall–Kier alpha value is -1.97. The fraction of sp³-hybridized carbons (Fsp3) is 0.400. The zero-order chi connectivity index (χ0) is 13.5. The lowest BCUT2D eigenvalue weighted by molar-refractivity contribution is 0.498. The zero-order valence-electron chi connectivity index (χ0n) is 11.5. The minimum absolute atomic E-state index is 0.300. The van der Waals surface area contributed by atoms with E-state index in [-0.39, 0.29) is 0 Å². The van der Waals surface area contributed by atoms with Crippen LogP contribution >= 0.6 is 0 Å². The number of aromatic nitrogens is 1. The Bertz CT molecular complexity index is 482. The molecule has 0 aliphatic heterocycles. The number of rotatable bonds is 7. The Morgan fingerprint density at radius 1 is 1.32 bits per heavy atom. The Kier molecular flexibility index (Phi) is 4.84. The Morgan fingerprint density at radius 3 is 2.89 bits per heavy atom. The van der Waals surface area contributed by atoms with E-state index in [0.717, 1.165) is 36.5 Å². The molecule has 2 rings (SSSR count). The molecule has 1 unspecified atom stereocenters. The minimum atomic E-state index is 0.300. The van der Waals surface area contributed by atoms with E-state index in [9.17, 15) is 0 Å². The van der Waals surface area contributed by atoms with Gasteiger partial charge in [-0.3, -0.25) is 4.98 Å². The first-order valence-electron chi connectivity index (χ1n) is 6.75. The highest BCUT2D eigenvalue weighted by molar-refractivity contribution is 5.54. The highest BCUT2D eigenvalue weighted by Crippen LogP contribution is 2.15. The van der Waals surface area contributed by atoms with E-state index in [1.807, 2.05) is 24.5 Å². The smallest absolute Gasteiger partial charge is 0.105 e. The zero-order valence-corrected chi connectivity index (χ0v) is 11.5. The molecule has 1 atom stereocenters. The third kappa shape index (κ3) is 4.32. The van der Waals surface area contributed by atoms with Crippen molar-refractivity contribution in [1.82, 2.24) is 4.98 Å². The average molecular weight is 259 g/mol. The molecule has 19 heavy (non-hydrogen) atoms. The summed E-state index contributed by atoms with van der Waals surface area (Å²) in [6, 6.07) is 6.30. The molecular formula is C15H21N3O. The maximum atomic E-state index is 5.35. The van der Waals surface area contributed by atoms with Crippen LogP contribution in [-0.2, 0) is 6.42 Å². The maximum Gasteiger partial charge on any atom is 0.105 e. The molecule has 0 saturated heterocycles. The summed E-state index contributed by atoms with van der Waals surface area (Å²) in [4.78, 5) is 4.24. The second-order valence-corrected chi connectivity index (χ2v) is 4.72. The number of pyridine rings is 1. The van der Waals surface area contributed by atoms with Crippen molar-refractivity contribution >= 4 is 11.4 Å². The van der Waals surface area contributed by atoms with Gasteiger partial charge in [-0.1, -0.05) is 6.92 Å². The van der Waals surface area contributed by atoms with Gasteiger partial charge in [0.15, 0.2) is 0 Å². The number of hydrogen-bond donors (Lipinski definition) is 2. The maximum absolute atomic E-state index is 5.35. The number of furan rings is 1. The van der Waals surface area contributed by atoms with E-state index in [4.69, 9.17) is 4.42 Å². The standard InChI is InChI=1S/C15H21N3O/c1-3-6-17-13-9-14(11-16-10-13)18-12(2)8-15-5-4-7-19-15/h4-5,7,9-12,17-18H,3,6,8H2,1-2H3. The summed E-state index contributed by atoms with van der Waals surface area (Å²) in [5.41, 5.74) is 2.08. The van der Waals surface area contributed by atoms with E-state index in [1.54, 1.807) is 6.26 Å². The molecule has 0 amide bonds. The molecule has 2 aromatic heterocycles. The third-order valence-corrected chi connectivity index (χ3v) is 2.82. The first kappa shape index (κ1) is 13.5. The topological polar surface area (TPSA) is 50.1 Å². The van der Waals surface area contributed by atoms with E-state index >= 15 is 0 Å². The first-order chi connectivity index (χ1) is 9.28. The number of anilines is 2. The van der Waals surface area contributed by atoms with Crippen LogP contribution in [0.15, 0.2) is 41.3 Å². The Labute approximate surface area is 114 Å². The monoisotopic (exact) mass is 259 g/mol. The van der Waals surface area contributed by atoms with Gasteiger partial charge in [-0.05, 0) is 31.5 Å². The first-order valence-corrected chi connectivity index (χ1v) is 6.75. The van der Waals surface area contributed by atoms with Crippen molar-refractivity contribution in [3.63, 3.8) is 0 Å². The van der Waals surface area contributed by atoms with Gasteiger partial charge in [-0.2, -0.15) is 0 Å². The second kappa shape index (κ2) is 6.83. The quantitative estimate of drug-likeness (QED) is 0.798. The molecule has 4 heteroatoms. The fourth-order valence-corrected chi connectivity index (χ4v) is 1.95. The summed E-state index contributed by atoms with van der Waals surface area (Å²) in [6.07, 6.45) is 7.36. The molecule has 2 N–H and O–H groups in total. The van der Waals surface area contributed by atoms with E-state index < -0.39 is 0 Å².